The van der Waals surface area contributed by atoms with Gasteiger partial charge in [-0.05, 0) is 80.1 Å². The Balaban J connectivity index is 7.67. The van der Waals surface area contributed by atoms with Crippen LogP contribution in [0.25, 0.3) is 0 Å². The van der Waals surface area contributed by atoms with E-state index in [0.717, 1.165) is 0 Å². The van der Waals surface area contributed by atoms with E-state index in [1.807, 2.05) is 0 Å². The fourth-order valence-electron chi connectivity index (χ4n) is 8.11. The highest BCUT2D eigenvalue weighted by atomic mass is 16.6. The van der Waals surface area contributed by atoms with Crippen LogP contribution in [0.5, 0.6) is 0 Å². The molecule has 37 nitrogen and oxygen atoms in total. The number of ether oxygens (including phenoxy) is 19. The van der Waals surface area contributed by atoms with Gasteiger partial charge in [0.05, 0.1) is 63.7 Å². The lowest BCUT2D eigenvalue weighted by Crippen LogP contribution is -2.47. The summed E-state index contributed by atoms with van der Waals surface area (Å²) in [7, 11) is 0. The van der Waals surface area contributed by atoms with Gasteiger partial charge < -0.3 is 121 Å². The molecule has 0 fully saturated rings. The molecule has 0 saturated carbocycles. The molecule has 6 atom stereocenters. The molecule has 644 valence electrons. The molecule has 0 aromatic rings. The summed E-state index contributed by atoms with van der Waals surface area (Å²) in [5, 5.41) is 61.7. The smallest absolute Gasteiger partial charge is 0.333 e. The molecule has 0 amide bonds. The SMILES string of the molecule is C=C(C)C(=O)OCC(O)COCCCC(=O)OCC(COCC(COC(=O)CCCOCC(O)COC(=O)C(=C)C)(COC(=O)CCCOCC(O)COC(=O)C(=C)C)COC(=O)CCCOCC(O)COC(=O)C(=C)C)(COC(=O)CCCOCC(O)COC(=O)C(=C)C)COC(=O)CCCOCC(O)COC(=O)C(=C)C. The average molecular weight is 1620 g/mol. The molecule has 0 heterocycles. The van der Waals surface area contributed by atoms with Gasteiger partial charge in [0.1, 0.15) is 116 Å². The molecule has 6 N–H and O–H groups in total. The summed E-state index contributed by atoms with van der Waals surface area (Å²) in [6.45, 7) is 18.1. The Morgan fingerprint density at radius 3 is 0.496 bits per heavy atom. The highest BCUT2D eigenvalue weighted by Gasteiger charge is 2.41. The van der Waals surface area contributed by atoms with Crippen LogP contribution < -0.4 is 0 Å². The van der Waals surface area contributed by atoms with Gasteiger partial charge in [0.15, 0.2) is 0 Å². The maximum absolute atomic E-state index is 13.7. The van der Waals surface area contributed by atoms with Gasteiger partial charge in [-0.25, -0.2) is 28.8 Å². The van der Waals surface area contributed by atoms with Crippen LogP contribution in [0.1, 0.15) is 119 Å². The minimum Gasteiger partial charge on any atom is -0.465 e. The third kappa shape index (κ3) is 56.4. The number of aliphatic hydroxyl groups is 6. The van der Waals surface area contributed by atoms with E-state index < -0.39 is 212 Å². The van der Waals surface area contributed by atoms with Crippen molar-refractivity contribution >= 4 is 71.6 Å². The van der Waals surface area contributed by atoms with Crippen molar-refractivity contribution in [2.75, 3.05) is 172 Å². The topological polar surface area (TPSA) is 502 Å². The molecule has 0 aromatic heterocycles. The summed E-state index contributed by atoms with van der Waals surface area (Å²) >= 11 is 0. The predicted molar refractivity (Wildman–Crippen MR) is 392 cm³/mol. The molecule has 0 aliphatic carbocycles. The molecule has 0 aliphatic rings. The Kier molecular flexibility index (Phi) is 57.4. The first-order chi connectivity index (χ1) is 53.4. The van der Waals surface area contributed by atoms with Gasteiger partial charge in [0.2, 0.25) is 0 Å². The highest BCUT2D eigenvalue weighted by Crippen LogP contribution is 2.28. The lowest BCUT2D eigenvalue weighted by molar-refractivity contribution is -0.176. The Bertz CT molecular complexity index is 2500. The summed E-state index contributed by atoms with van der Waals surface area (Å²) in [5.74, 6) is -9.80. The first-order valence-electron chi connectivity index (χ1n) is 36.4. The van der Waals surface area contributed by atoms with E-state index in [2.05, 4.69) is 39.5 Å². The van der Waals surface area contributed by atoms with Crippen molar-refractivity contribution in [3.05, 3.63) is 72.9 Å². The molecule has 6 unspecified atom stereocenters. The minimum atomic E-state index is -1.91. The number of carbonyl (C=O) groups is 12. The number of rotatable bonds is 70. The lowest BCUT2D eigenvalue weighted by Gasteiger charge is -2.35. The first-order valence-corrected chi connectivity index (χ1v) is 36.4. The van der Waals surface area contributed by atoms with E-state index in [0.29, 0.717) is 0 Å². The Morgan fingerprint density at radius 1 is 0.221 bits per heavy atom. The van der Waals surface area contributed by atoms with Gasteiger partial charge in [0, 0.05) is 112 Å². The van der Waals surface area contributed by atoms with Gasteiger partial charge in [-0.3, -0.25) is 28.8 Å². The van der Waals surface area contributed by atoms with Crippen molar-refractivity contribution < 1.29 is 178 Å². The first kappa shape index (κ1) is 105. The van der Waals surface area contributed by atoms with Crippen LogP contribution in [0.3, 0.4) is 0 Å². The Labute approximate surface area is 658 Å². The fourth-order valence-corrected chi connectivity index (χ4v) is 8.11. The van der Waals surface area contributed by atoms with Crippen LogP contribution in [0, 0.1) is 10.8 Å². The molecular formula is C76H118O37. The molecule has 0 aliphatic heterocycles. The maximum Gasteiger partial charge on any atom is 0.333 e. The number of hydrogen-bond donors (Lipinski definition) is 6. The van der Waals surface area contributed by atoms with Crippen molar-refractivity contribution in [3.8, 4) is 0 Å². The molecule has 0 spiro atoms. The second-order valence-corrected chi connectivity index (χ2v) is 26.7. The highest BCUT2D eigenvalue weighted by molar-refractivity contribution is 5.89. The summed E-state index contributed by atoms with van der Waals surface area (Å²) in [4.78, 5) is 153. The van der Waals surface area contributed by atoms with Crippen LogP contribution in [-0.4, -0.2) is 311 Å². The van der Waals surface area contributed by atoms with E-state index in [-0.39, 0.29) is 190 Å². The van der Waals surface area contributed by atoms with E-state index in [1.165, 1.54) is 41.5 Å². The quantitative estimate of drug-likeness (QED) is 0.0219. The van der Waals surface area contributed by atoms with Crippen molar-refractivity contribution in [2.24, 2.45) is 10.8 Å². The van der Waals surface area contributed by atoms with E-state index in [9.17, 15) is 88.2 Å². The van der Waals surface area contributed by atoms with E-state index >= 15 is 0 Å². The van der Waals surface area contributed by atoms with Crippen molar-refractivity contribution in [1.82, 2.24) is 0 Å². The molecule has 0 bridgehead atoms. The van der Waals surface area contributed by atoms with Gasteiger partial charge in [0.25, 0.3) is 0 Å². The summed E-state index contributed by atoms with van der Waals surface area (Å²) in [5.41, 5.74) is -3.24. The zero-order valence-corrected chi connectivity index (χ0v) is 65.9. The number of hydrogen-bond acceptors (Lipinski definition) is 37. The zero-order chi connectivity index (χ0) is 85.2. The van der Waals surface area contributed by atoms with Crippen LogP contribution in [-0.2, 0) is 148 Å². The molecular weight excluding hydrogens is 1500 g/mol. The standard InChI is InChI=1S/C76H118O37/c1-51(2)69(89)102-37-57(77)31-95-25-13-19-63(83)108-45-75(46-109-64(84)20-14-26-96-32-58(78)38-103-70(90)52(3)4,47-110-65(85)21-15-27-97-33-59(79)39-104-71(91)53(5)6)43-101-44-76(48-111-66(86)22-16-28-98-34-60(80)40-105-72(92)54(7)8,49-112-67(87)23-17-29-99-35-61(81)41-106-73(93)55(9)10)50-113-68(88)24-18-30-100-36-62(82)42-107-74(94)56(11)12/h57-62,77-82H,1,3,5,7,9,11,13-50H2,2,4,6,8,10,12H3. The maximum atomic E-state index is 13.7. The van der Waals surface area contributed by atoms with Crippen LogP contribution >= 0.6 is 0 Å². The van der Waals surface area contributed by atoms with Gasteiger partial charge in [-0.15, -0.1) is 0 Å². The Hall–Kier alpha value is -8.44. The van der Waals surface area contributed by atoms with Gasteiger partial charge in [-0.2, -0.15) is 0 Å². The van der Waals surface area contributed by atoms with Gasteiger partial charge in [-0.1, -0.05) is 39.5 Å². The van der Waals surface area contributed by atoms with E-state index in [1.54, 1.807) is 0 Å². The molecule has 0 aromatic carbocycles. The predicted octanol–water partition coefficient (Wildman–Crippen LogP) is 1.90. The summed E-state index contributed by atoms with van der Waals surface area (Å²) in [6.07, 6.45) is -9.64. The number of esters is 12. The van der Waals surface area contributed by atoms with E-state index in [4.69, 9.17) is 90.0 Å². The fraction of sp³-hybridized carbons (Fsp3) is 0.684. The molecule has 0 saturated heterocycles. The molecule has 0 radical (unpaired) electrons. The van der Waals surface area contributed by atoms with Crippen LogP contribution in [0.15, 0.2) is 72.9 Å². The number of aliphatic hydroxyl groups excluding tert-OH is 6. The largest absolute Gasteiger partial charge is 0.465 e. The second kappa shape index (κ2) is 62.0. The summed E-state index contributed by atoms with van der Waals surface area (Å²) < 4.78 is 104. The van der Waals surface area contributed by atoms with Crippen molar-refractivity contribution in [3.63, 3.8) is 0 Å². The average Bonchev–Trinajstić information content (AvgIpc) is 0.839. The van der Waals surface area contributed by atoms with Gasteiger partial charge >= 0.3 is 71.6 Å². The monoisotopic (exact) mass is 1620 g/mol. The summed E-state index contributed by atoms with van der Waals surface area (Å²) in [6, 6.07) is 0. The normalized spacial score (nSPS) is 13.7. The minimum absolute atomic E-state index is 0.0124. The number of carbonyl (C=O) groups excluding carboxylic acids is 12. The lowest BCUT2D eigenvalue weighted by atomic mass is 9.90. The molecule has 37 heteroatoms. The second-order valence-electron chi connectivity index (χ2n) is 26.7. The van der Waals surface area contributed by atoms with Crippen LogP contribution in [0.4, 0.5) is 0 Å². The zero-order valence-electron chi connectivity index (χ0n) is 65.9. The van der Waals surface area contributed by atoms with Crippen LogP contribution in [0.2, 0.25) is 0 Å². The van der Waals surface area contributed by atoms with Crippen molar-refractivity contribution in [2.45, 2.75) is 155 Å². The third-order valence-electron chi connectivity index (χ3n) is 14.5. The molecule has 113 heavy (non-hydrogen) atoms. The Morgan fingerprint density at radius 2 is 0.363 bits per heavy atom. The third-order valence-corrected chi connectivity index (χ3v) is 14.5. The molecule has 0 rings (SSSR count). The van der Waals surface area contributed by atoms with Crippen molar-refractivity contribution in [1.29, 1.82) is 0 Å².